The molecule has 0 amide bonds. The number of non-ortho nitro benzene ring substituents is 1. The number of benzene rings is 1. The van der Waals surface area contributed by atoms with Gasteiger partial charge in [-0.15, -0.1) is 0 Å². The zero-order valence-corrected chi connectivity index (χ0v) is 6.48. The first-order valence-corrected chi connectivity index (χ1v) is 3.35. The largest absolute Gasteiger partial charge is 0.298 e. The Hall–Kier alpha value is -1.71. The van der Waals surface area contributed by atoms with Gasteiger partial charge in [-0.3, -0.25) is 14.9 Å². The molecule has 12 heavy (non-hydrogen) atoms. The summed E-state index contributed by atoms with van der Waals surface area (Å²) in [4.78, 5) is 20.1. The normalized spacial score (nSPS) is 9.42. The van der Waals surface area contributed by atoms with Crippen LogP contribution in [-0.4, -0.2) is 11.2 Å². The predicted molar refractivity (Wildman–Crippen MR) is 43.2 cm³/mol. The van der Waals surface area contributed by atoms with E-state index in [1.807, 2.05) is 0 Å². The van der Waals surface area contributed by atoms with Gasteiger partial charge in [0.15, 0.2) is 0 Å². The maximum atomic E-state index is 10.3. The van der Waals surface area contributed by atoms with Crippen molar-refractivity contribution in [3.63, 3.8) is 0 Å². The molecule has 0 saturated carbocycles. The molecule has 0 bridgehead atoms. The molecule has 0 aliphatic carbocycles. The van der Waals surface area contributed by atoms with E-state index in [0.717, 1.165) is 0 Å². The summed E-state index contributed by atoms with van der Waals surface area (Å²) in [5.41, 5.74) is 1.12. The van der Waals surface area contributed by atoms with Gasteiger partial charge in [0.1, 0.15) is 6.29 Å². The number of rotatable bonds is 2. The van der Waals surface area contributed by atoms with E-state index in [0.29, 0.717) is 17.4 Å². The lowest BCUT2D eigenvalue weighted by atomic mass is 10.1. The van der Waals surface area contributed by atoms with E-state index >= 15 is 0 Å². The Kier molecular flexibility index (Phi) is 2.19. The molecule has 0 aliphatic heterocycles. The van der Waals surface area contributed by atoms with Crippen molar-refractivity contribution in [3.8, 4) is 0 Å². The van der Waals surface area contributed by atoms with Crippen LogP contribution in [0.5, 0.6) is 0 Å². The quantitative estimate of drug-likeness (QED) is 0.380. The zero-order valence-electron chi connectivity index (χ0n) is 6.48. The highest BCUT2D eigenvalue weighted by molar-refractivity contribution is 5.77. The number of carbonyl (C=O) groups excluding carboxylic acids is 1. The lowest BCUT2D eigenvalue weighted by molar-refractivity contribution is -0.384. The summed E-state index contributed by atoms with van der Waals surface area (Å²) < 4.78 is 0. The Labute approximate surface area is 69.0 Å². The van der Waals surface area contributed by atoms with Gasteiger partial charge < -0.3 is 0 Å². The van der Waals surface area contributed by atoms with Gasteiger partial charge in [-0.2, -0.15) is 0 Å². The second-order valence-electron chi connectivity index (χ2n) is 2.42. The first-order valence-electron chi connectivity index (χ1n) is 3.35. The summed E-state index contributed by atoms with van der Waals surface area (Å²) in [6.07, 6.45) is 0.680. The summed E-state index contributed by atoms with van der Waals surface area (Å²) in [6, 6.07) is 4.14. The minimum Gasteiger partial charge on any atom is -0.298 e. The van der Waals surface area contributed by atoms with E-state index in [9.17, 15) is 14.9 Å². The second kappa shape index (κ2) is 3.13. The topological polar surface area (TPSA) is 60.2 Å². The number of hydrogen-bond acceptors (Lipinski definition) is 3. The third-order valence-electron chi connectivity index (χ3n) is 1.59. The van der Waals surface area contributed by atoms with Gasteiger partial charge in [0, 0.05) is 17.7 Å². The van der Waals surface area contributed by atoms with Crippen molar-refractivity contribution in [2.24, 2.45) is 0 Å². The zero-order chi connectivity index (χ0) is 9.14. The first kappa shape index (κ1) is 8.39. The summed E-state index contributed by atoms with van der Waals surface area (Å²) in [6.45, 7) is 1.66. The lowest BCUT2D eigenvalue weighted by Gasteiger charge is -1.96. The third kappa shape index (κ3) is 1.47. The lowest BCUT2D eigenvalue weighted by Crippen LogP contribution is -1.91. The predicted octanol–water partition coefficient (Wildman–Crippen LogP) is 1.72. The van der Waals surface area contributed by atoms with Gasteiger partial charge in [-0.25, -0.2) is 0 Å². The highest BCUT2D eigenvalue weighted by Crippen LogP contribution is 2.15. The second-order valence-corrected chi connectivity index (χ2v) is 2.42. The van der Waals surface area contributed by atoms with Crippen molar-refractivity contribution in [1.82, 2.24) is 0 Å². The molecule has 1 aromatic rings. The van der Waals surface area contributed by atoms with Gasteiger partial charge >= 0.3 is 0 Å². The van der Waals surface area contributed by atoms with Gasteiger partial charge in [0.2, 0.25) is 0 Å². The molecular weight excluding hydrogens is 158 g/mol. The number of nitrogens with zero attached hydrogens (tertiary/aromatic N) is 1. The van der Waals surface area contributed by atoms with Crippen LogP contribution in [0.4, 0.5) is 5.69 Å². The fourth-order valence-corrected chi connectivity index (χ4v) is 0.906. The van der Waals surface area contributed by atoms with E-state index in [-0.39, 0.29) is 5.69 Å². The summed E-state index contributed by atoms with van der Waals surface area (Å²) in [5.74, 6) is 0. The van der Waals surface area contributed by atoms with Crippen molar-refractivity contribution in [3.05, 3.63) is 39.4 Å². The number of carbonyl (C=O) groups is 1. The molecule has 0 heterocycles. The van der Waals surface area contributed by atoms with E-state index in [1.165, 1.54) is 18.2 Å². The fraction of sp³-hybridized carbons (Fsp3) is 0.125. The van der Waals surface area contributed by atoms with Crippen molar-refractivity contribution in [2.75, 3.05) is 0 Å². The van der Waals surface area contributed by atoms with Gasteiger partial charge in [0.25, 0.3) is 5.69 Å². The maximum Gasteiger partial charge on any atom is 0.269 e. The van der Waals surface area contributed by atoms with Crippen LogP contribution in [0.15, 0.2) is 18.2 Å². The molecule has 0 radical (unpaired) electrons. The van der Waals surface area contributed by atoms with Crippen molar-refractivity contribution < 1.29 is 9.72 Å². The van der Waals surface area contributed by atoms with Crippen LogP contribution in [0, 0.1) is 17.0 Å². The molecule has 4 nitrogen and oxygen atoms in total. The molecule has 0 aromatic heterocycles. The molecule has 0 unspecified atom stereocenters. The molecule has 62 valence electrons. The van der Waals surface area contributed by atoms with Crippen LogP contribution in [0.1, 0.15) is 15.9 Å². The van der Waals surface area contributed by atoms with Crippen molar-refractivity contribution in [2.45, 2.75) is 6.92 Å². The van der Waals surface area contributed by atoms with Crippen LogP contribution in [0.25, 0.3) is 0 Å². The van der Waals surface area contributed by atoms with Crippen LogP contribution in [0.2, 0.25) is 0 Å². The van der Waals surface area contributed by atoms with Crippen LogP contribution in [0.3, 0.4) is 0 Å². The van der Waals surface area contributed by atoms with Crippen molar-refractivity contribution in [1.29, 1.82) is 0 Å². The van der Waals surface area contributed by atoms with Gasteiger partial charge in [0.05, 0.1) is 4.92 Å². The minimum atomic E-state index is -0.485. The summed E-state index contributed by atoms with van der Waals surface area (Å²) in [5, 5.41) is 10.3. The molecule has 0 atom stereocenters. The molecule has 4 heteroatoms. The standard InChI is InChI=1S/C8H7NO3/c1-6-4-8(9(11)12)3-2-7(6)5-10/h2-5H,1H3. The minimum absolute atomic E-state index is 0.0121. The van der Waals surface area contributed by atoms with E-state index in [1.54, 1.807) is 6.92 Å². The molecule has 0 fully saturated rings. The van der Waals surface area contributed by atoms with Gasteiger partial charge in [-0.05, 0) is 18.6 Å². The molecule has 0 N–H and O–H groups in total. The Morgan fingerprint density at radius 1 is 1.50 bits per heavy atom. The summed E-state index contributed by atoms with van der Waals surface area (Å²) >= 11 is 0. The van der Waals surface area contributed by atoms with E-state index in [4.69, 9.17) is 0 Å². The Bertz CT molecular complexity index is 333. The SMILES string of the molecule is Cc1cc([N+](=O)[O-])ccc1C=O. The fourth-order valence-electron chi connectivity index (χ4n) is 0.906. The average molecular weight is 165 g/mol. The molecular formula is C8H7NO3. The number of hydrogen-bond donors (Lipinski definition) is 0. The first-order chi connectivity index (χ1) is 5.65. The number of aldehydes is 1. The number of nitro groups is 1. The Balaban J connectivity index is 3.18. The molecule has 0 saturated heterocycles. The van der Waals surface area contributed by atoms with Crippen LogP contribution < -0.4 is 0 Å². The Morgan fingerprint density at radius 2 is 2.17 bits per heavy atom. The van der Waals surface area contributed by atoms with Crippen LogP contribution in [-0.2, 0) is 0 Å². The van der Waals surface area contributed by atoms with E-state index < -0.39 is 4.92 Å². The maximum absolute atomic E-state index is 10.3. The molecule has 0 spiro atoms. The average Bonchev–Trinajstić information content (AvgIpc) is 2.04. The Morgan fingerprint density at radius 3 is 2.58 bits per heavy atom. The monoisotopic (exact) mass is 165 g/mol. The molecule has 0 aliphatic rings. The summed E-state index contributed by atoms with van der Waals surface area (Å²) in [7, 11) is 0. The highest BCUT2D eigenvalue weighted by Gasteiger charge is 2.06. The third-order valence-corrected chi connectivity index (χ3v) is 1.59. The van der Waals surface area contributed by atoms with Gasteiger partial charge in [-0.1, -0.05) is 0 Å². The number of aryl methyl sites for hydroxylation is 1. The van der Waals surface area contributed by atoms with E-state index in [2.05, 4.69) is 0 Å². The molecule has 1 rings (SSSR count). The molecule has 1 aromatic carbocycles. The highest BCUT2D eigenvalue weighted by atomic mass is 16.6. The smallest absolute Gasteiger partial charge is 0.269 e. The number of nitro benzene ring substituents is 1. The van der Waals surface area contributed by atoms with Crippen molar-refractivity contribution >= 4 is 12.0 Å². The van der Waals surface area contributed by atoms with Crippen LogP contribution >= 0.6 is 0 Å².